The summed E-state index contributed by atoms with van der Waals surface area (Å²) in [6, 6.07) is 29.7. The Morgan fingerprint density at radius 1 is 0.762 bits per heavy atom. The molecule has 1 fully saturated rings. The van der Waals surface area contributed by atoms with Crippen molar-refractivity contribution in [2.45, 2.75) is 70.9 Å². The van der Waals surface area contributed by atoms with Crippen molar-refractivity contribution in [2.75, 3.05) is 13.2 Å². The molecule has 1 N–H and O–H groups in total. The number of benzene rings is 3. The summed E-state index contributed by atoms with van der Waals surface area (Å²) in [6.45, 7) is 6.87. The van der Waals surface area contributed by atoms with Gasteiger partial charge in [-0.15, -0.1) is 0 Å². The fourth-order valence-corrected chi connectivity index (χ4v) is 4.77. The van der Waals surface area contributed by atoms with E-state index in [1.54, 1.807) is 20.8 Å². The first-order valence-electron chi connectivity index (χ1n) is 14.3. The Morgan fingerprint density at radius 3 is 1.79 bits per heavy atom. The molecule has 4 rings (SSSR count). The van der Waals surface area contributed by atoms with Crippen molar-refractivity contribution >= 4 is 12.0 Å². The van der Waals surface area contributed by atoms with Crippen LogP contribution in [-0.2, 0) is 48.3 Å². The number of rotatable bonds is 12. The van der Waals surface area contributed by atoms with Crippen LogP contribution in [0.25, 0.3) is 0 Å². The largest absolute Gasteiger partial charge is 0.444 e. The Labute approximate surface area is 248 Å². The smallest absolute Gasteiger partial charge is 0.414 e. The molecule has 4 atom stereocenters. The average Bonchev–Trinajstić information content (AvgIpc) is 2.96. The highest BCUT2D eigenvalue weighted by molar-refractivity contribution is 5.92. The number of nitrogens with one attached hydrogen (secondary N) is 1. The number of amides is 2. The van der Waals surface area contributed by atoms with E-state index < -0.39 is 35.9 Å². The highest BCUT2D eigenvalue weighted by atomic mass is 16.6. The molecular weight excluding hydrogens is 534 g/mol. The van der Waals surface area contributed by atoms with E-state index in [0.717, 1.165) is 16.7 Å². The first-order valence-corrected chi connectivity index (χ1v) is 14.3. The SMILES string of the molecule is CC(C)(C)OC(=O)NC(=O)C[C@H]1CO[C@H](COCc2ccccc2)[C@H](OCc2ccccc2)[C@@H]1OCc1ccccc1. The molecule has 0 bridgehead atoms. The molecule has 1 aliphatic rings. The minimum Gasteiger partial charge on any atom is -0.444 e. The fraction of sp³-hybridized carbons (Fsp3) is 0.412. The van der Waals surface area contributed by atoms with E-state index in [9.17, 15) is 9.59 Å². The quantitative estimate of drug-likeness (QED) is 0.291. The van der Waals surface area contributed by atoms with E-state index >= 15 is 0 Å². The van der Waals surface area contributed by atoms with Gasteiger partial charge in [-0.2, -0.15) is 0 Å². The second-order valence-electron chi connectivity index (χ2n) is 11.4. The van der Waals surface area contributed by atoms with E-state index in [4.69, 9.17) is 23.7 Å². The number of hydrogen-bond donors (Lipinski definition) is 1. The van der Waals surface area contributed by atoms with Crippen LogP contribution in [0.15, 0.2) is 91.0 Å². The van der Waals surface area contributed by atoms with Crippen LogP contribution < -0.4 is 5.32 Å². The standard InChI is InChI=1S/C34H41NO7/c1-34(2,3)42-33(37)35-30(36)19-28-23-39-29(24-38-20-25-13-7-4-8-14-25)32(41-22-27-17-11-6-12-18-27)31(28)40-21-26-15-9-5-10-16-26/h4-18,28-29,31-32H,19-24H2,1-3H3,(H,35,36,37)/t28-,29+,31+,32-/m0/s1. The van der Waals surface area contributed by atoms with Gasteiger partial charge in [0.15, 0.2) is 0 Å². The van der Waals surface area contributed by atoms with E-state index in [1.807, 2.05) is 91.0 Å². The predicted octanol–water partition coefficient (Wildman–Crippen LogP) is 5.83. The van der Waals surface area contributed by atoms with Crippen LogP contribution in [0.2, 0.25) is 0 Å². The fourth-order valence-electron chi connectivity index (χ4n) is 4.77. The van der Waals surface area contributed by atoms with Gasteiger partial charge in [0.25, 0.3) is 0 Å². The van der Waals surface area contributed by atoms with Crippen LogP contribution in [0.1, 0.15) is 43.9 Å². The second kappa shape index (κ2) is 15.6. The number of carbonyl (C=O) groups excluding carboxylic acids is 2. The summed E-state index contributed by atoms with van der Waals surface area (Å²) in [5.74, 6) is -0.839. The Kier molecular flexibility index (Phi) is 11.7. The molecular formula is C34H41NO7. The van der Waals surface area contributed by atoms with Gasteiger partial charge in [-0.05, 0) is 37.5 Å². The summed E-state index contributed by atoms with van der Waals surface area (Å²) in [5.41, 5.74) is 2.35. The molecule has 1 heterocycles. The molecule has 0 radical (unpaired) electrons. The molecule has 0 unspecified atom stereocenters. The van der Waals surface area contributed by atoms with Gasteiger partial charge in [-0.1, -0.05) is 91.0 Å². The maximum absolute atomic E-state index is 12.9. The van der Waals surface area contributed by atoms with E-state index in [1.165, 1.54) is 0 Å². The summed E-state index contributed by atoms with van der Waals surface area (Å²) in [7, 11) is 0. The topological polar surface area (TPSA) is 92.3 Å². The van der Waals surface area contributed by atoms with Gasteiger partial charge in [0.05, 0.1) is 39.1 Å². The van der Waals surface area contributed by atoms with Crippen molar-refractivity contribution in [1.82, 2.24) is 5.32 Å². The average molecular weight is 576 g/mol. The summed E-state index contributed by atoms with van der Waals surface area (Å²) in [6.07, 6.45) is -2.24. The van der Waals surface area contributed by atoms with Crippen molar-refractivity contribution in [1.29, 1.82) is 0 Å². The number of hydrogen-bond acceptors (Lipinski definition) is 7. The minimum absolute atomic E-state index is 0.00148. The van der Waals surface area contributed by atoms with E-state index in [2.05, 4.69) is 5.32 Å². The highest BCUT2D eigenvalue weighted by Crippen LogP contribution is 2.30. The summed E-state index contributed by atoms with van der Waals surface area (Å²) >= 11 is 0. The molecule has 1 aliphatic heterocycles. The first-order chi connectivity index (χ1) is 20.3. The van der Waals surface area contributed by atoms with Gasteiger partial charge in [0, 0.05) is 12.3 Å². The summed E-state index contributed by atoms with van der Waals surface area (Å²) in [4.78, 5) is 25.2. The lowest BCUT2D eigenvalue weighted by atomic mass is 9.89. The van der Waals surface area contributed by atoms with Gasteiger partial charge < -0.3 is 23.7 Å². The zero-order valence-corrected chi connectivity index (χ0v) is 24.6. The minimum atomic E-state index is -0.782. The molecule has 0 spiro atoms. The molecule has 1 saturated heterocycles. The van der Waals surface area contributed by atoms with Crippen LogP contribution in [0.3, 0.4) is 0 Å². The van der Waals surface area contributed by atoms with Gasteiger partial charge in [-0.3, -0.25) is 10.1 Å². The normalized spacial score (nSPS) is 20.5. The number of alkyl carbamates (subject to hydrolysis) is 1. The molecule has 3 aromatic carbocycles. The summed E-state index contributed by atoms with van der Waals surface area (Å²) < 4.78 is 30.6. The Bertz CT molecular complexity index is 1230. The lowest BCUT2D eigenvalue weighted by molar-refractivity contribution is -0.220. The summed E-state index contributed by atoms with van der Waals surface area (Å²) in [5, 5.41) is 2.34. The van der Waals surface area contributed by atoms with E-state index in [-0.39, 0.29) is 25.6 Å². The van der Waals surface area contributed by atoms with Gasteiger partial charge in [0.1, 0.15) is 17.8 Å². The lowest BCUT2D eigenvalue weighted by Crippen LogP contribution is -2.55. The molecule has 3 aromatic rings. The maximum Gasteiger partial charge on any atom is 0.414 e. The van der Waals surface area contributed by atoms with Crippen molar-refractivity contribution in [3.05, 3.63) is 108 Å². The van der Waals surface area contributed by atoms with Crippen LogP contribution >= 0.6 is 0 Å². The molecule has 8 heteroatoms. The molecule has 224 valence electrons. The number of imide groups is 1. The maximum atomic E-state index is 12.9. The Balaban J connectivity index is 1.50. The third-order valence-electron chi connectivity index (χ3n) is 6.73. The van der Waals surface area contributed by atoms with Gasteiger partial charge in [-0.25, -0.2) is 4.79 Å². The number of ether oxygens (including phenoxy) is 5. The third-order valence-corrected chi connectivity index (χ3v) is 6.73. The van der Waals surface area contributed by atoms with Crippen molar-refractivity contribution < 1.29 is 33.3 Å². The zero-order chi connectivity index (χ0) is 29.8. The van der Waals surface area contributed by atoms with Crippen molar-refractivity contribution in [3.63, 3.8) is 0 Å². The molecule has 0 aliphatic carbocycles. The van der Waals surface area contributed by atoms with Gasteiger partial charge >= 0.3 is 6.09 Å². The van der Waals surface area contributed by atoms with Crippen LogP contribution in [0, 0.1) is 5.92 Å². The predicted molar refractivity (Wildman–Crippen MR) is 158 cm³/mol. The van der Waals surface area contributed by atoms with Crippen LogP contribution in [-0.4, -0.2) is 49.1 Å². The van der Waals surface area contributed by atoms with E-state index in [0.29, 0.717) is 19.8 Å². The second-order valence-corrected chi connectivity index (χ2v) is 11.4. The lowest BCUT2D eigenvalue weighted by Gasteiger charge is -2.42. The zero-order valence-electron chi connectivity index (χ0n) is 24.6. The Morgan fingerprint density at radius 2 is 1.26 bits per heavy atom. The Hall–Kier alpha value is -3.56. The molecule has 42 heavy (non-hydrogen) atoms. The molecule has 2 amide bonds. The van der Waals surface area contributed by atoms with Gasteiger partial charge in [0.2, 0.25) is 5.91 Å². The highest BCUT2D eigenvalue weighted by Gasteiger charge is 2.43. The van der Waals surface area contributed by atoms with Crippen molar-refractivity contribution in [2.24, 2.45) is 5.92 Å². The van der Waals surface area contributed by atoms with Crippen molar-refractivity contribution in [3.8, 4) is 0 Å². The number of carbonyl (C=O) groups is 2. The third kappa shape index (κ3) is 10.4. The monoisotopic (exact) mass is 575 g/mol. The first kappa shape index (κ1) is 31.4. The molecule has 0 saturated carbocycles. The van der Waals surface area contributed by atoms with Crippen LogP contribution in [0.4, 0.5) is 4.79 Å². The van der Waals surface area contributed by atoms with Crippen LogP contribution in [0.5, 0.6) is 0 Å². The molecule has 8 nitrogen and oxygen atoms in total. The molecule has 0 aromatic heterocycles.